The van der Waals surface area contributed by atoms with Crippen molar-refractivity contribution in [3.63, 3.8) is 0 Å². The molecule has 5 heteroatoms. The Balaban J connectivity index is 1.71. The molecule has 0 amide bonds. The predicted octanol–water partition coefficient (Wildman–Crippen LogP) is 2.90. The summed E-state index contributed by atoms with van der Waals surface area (Å²) in [4.78, 5) is 13.1. The summed E-state index contributed by atoms with van der Waals surface area (Å²) in [5.74, 6) is -0.892. The standard InChI is InChI=1S/C17H22ClNO3/c18-15-4-1-13(2-5-15)3-6-16(20)9-12-19-10-7-14(8-11-19)17(21)22/h1-6,14,16,20H,7-12H2,(H,21,22). The third-order valence-electron chi connectivity index (χ3n) is 4.06. The number of hydrogen-bond acceptors (Lipinski definition) is 3. The number of rotatable bonds is 6. The summed E-state index contributed by atoms with van der Waals surface area (Å²) in [5.41, 5.74) is 1.01. The molecule has 1 fully saturated rings. The van der Waals surface area contributed by atoms with Gasteiger partial charge in [-0.1, -0.05) is 35.9 Å². The number of likely N-dealkylation sites (tertiary alicyclic amines) is 1. The number of aliphatic hydroxyl groups excluding tert-OH is 1. The summed E-state index contributed by atoms with van der Waals surface area (Å²) in [6, 6.07) is 7.45. The van der Waals surface area contributed by atoms with Crippen molar-refractivity contribution < 1.29 is 15.0 Å². The van der Waals surface area contributed by atoms with Crippen LogP contribution in [0.1, 0.15) is 24.8 Å². The zero-order valence-corrected chi connectivity index (χ0v) is 13.2. The Labute approximate surface area is 136 Å². The molecular weight excluding hydrogens is 302 g/mol. The second kappa shape index (κ2) is 8.32. The second-order valence-electron chi connectivity index (χ2n) is 5.72. The van der Waals surface area contributed by atoms with E-state index >= 15 is 0 Å². The van der Waals surface area contributed by atoms with Crippen LogP contribution in [0.25, 0.3) is 6.08 Å². The predicted molar refractivity (Wildman–Crippen MR) is 87.9 cm³/mol. The van der Waals surface area contributed by atoms with Gasteiger partial charge in [-0.15, -0.1) is 0 Å². The lowest BCUT2D eigenvalue weighted by molar-refractivity contribution is -0.143. The maximum Gasteiger partial charge on any atom is 0.306 e. The Morgan fingerprint density at radius 3 is 2.55 bits per heavy atom. The highest BCUT2D eigenvalue weighted by atomic mass is 35.5. The molecule has 1 aliphatic heterocycles. The van der Waals surface area contributed by atoms with Gasteiger partial charge < -0.3 is 15.1 Å². The fraction of sp³-hybridized carbons (Fsp3) is 0.471. The molecule has 1 unspecified atom stereocenters. The number of carboxylic acids is 1. The van der Waals surface area contributed by atoms with Crippen molar-refractivity contribution in [2.75, 3.05) is 19.6 Å². The van der Waals surface area contributed by atoms with E-state index in [2.05, 4.69) is 4.90 Å². The average Bonchev–Trinajstić information content (AvgIpc) is 2.52. The average molecular weight is 324 g/mol. The van der Waals surface area contributed by atoms with Crippen LogP contribution in [-0.2, 0) is 4.79 Å². The molecule has 0 bridgehead atoms. The Bertz CT molecular complexity index is 507. The van der Waals surface area contributed by atoms with E-state index in [1.165, 1.54) is 0 Å². The van der Waals surface area contributed by atoms with Crippen molar-refractivity contribution in [2.24, 2.45) is 5.92 Å². The van der Waals surface area contributed by atoms with E-state index in [9.17, 15) is 9.90 Å². The number of carboxylic acid groups (broad SMARTS) is 1. The first kappa shape index (κ1) is 17.0. The summed E-state index contributed by atoms with van der Waals surface area (Å²) < 4.78 is 0. The quantitative estimate of drug-likeness (QED) is 0.845. The van der Waals surface area contributed by atoms with Crippen molar-refractivity contribution in [1.29, 1.82) is 0 Å². The monoisotopic (exact) mass is 323 g/mol. The Kier molecular flexibility index (Phi) is 6.43. The number of piperidine rings is 1. The summed E-state index contributed by atoms with van der Waals surface area (Å²) >= 11 is 5.82. The normalized spacial score (nSPS) is 18.6. The van der Waals surface area contributed by atoms with Crippen molar-refractivity contribution in [3.8, 4) is 0 Å². The second-order valence-corrected chi connectivity index (χ2v) is 6.16. The van der Waals surface area contributed by atoms with Gasteiger partial charge in [-0.3, -0.25) is 4.79 Å². The summed E-state index contributed by atoms with van der Waals surface area (Å²) in [6.07, 6.45) is 5.23. The van der Waals surface area contributed by atoms with E-state index in [-0.39, 0.29) is 5.92 Å². The smallest absolute Gasteiger partial charge is 0.306 e. The van der Waals surface area contributed by atoms with E-state index in [0.717, 1.165) is 25.2 Å². The maximum absolute atomic E-state index is 10.9. The highest BCUT2D eigenvalue weighted by Gasteiger charge is 2.24. The molecule has 4 nitrogen and oxygen atoms in total. The van der Waals surface area contributed by atoms with Crippen molar-refractivity contribution in [3.05, 3.63) is 40.9 Å². The topological polar surface area (TPSA) is 60.8 Å². The van der Waals surface area contributed by atoms with Gasteiger partial charge in [0.2, 0.25) is 0 Å². The van der Waals surface area contributed by atoms with Crippen molar-refractivity contribution in [1.82, 2.24) is 4.90 Å². The maximum atomic E-state index is 10.9. The number of aliphatic carboxylic acids is 1. The molecule has 0 saturated carbocycles. The third kappa shape index (κ3) is 5.44. The molecule has 1 atom stereocenters. The van der Waals surface area contributed by atoms with Crippen LogP contribution in [0.15, 0.2) is 30.3 Å². The molecule has 1 aromatic rings. The van der Waals surface area contributed by atoms with Crippen LogP contribution >= 0.6 is 11.6 Å². The summed E-state index contributed by atoms with van der Waals surface area (Å²) in [6.45, 7) is 2.38. The van der Waals surface area contributed by atoms with Crippen LogP contribution in [0, 0.1) is 5.92 Å². The Morgan fingerprint density at radius 1 is 1.32 bits per heavy atom. The highest BCUT2D eigenvalue weighted by molar-refractivity contribution is 6.30. The van der Waals surface area contributed by atoms with E-state index in [0.29, 0.717) is 24.3 Å². The molecule has 1 heterocycles. The SMILES string of the molecule is O=C(O)C1CCN(CCC(O)C=Cc2ccc(Cl)cc2)CC1. The minimum Gasteiger partial charge on any atom is -0.481 e. The van der Waals surface area contributed by atoms with Crippen molar-refractivity contribution >= 4 is 23.6 Å². The number of halogens is 1. The molecule has 1 saturated heterocycles. The molecular formula is C17H22ClNO3. The lowest BCUT2D eigenvalue weighted by atomic mass is 9.97. The zero-order chi connectivity index (χ0) is 15.9. The van der Waals surface area contributed by atoms with E-state index in [4.69, 9.17) is 16.7 Å². The van der Waals surface area contributed by atoms with Crippen LogP contribution in [0.3, 0.4) is 0 Å². The van der Waals surface area contributed by atoms with Crippen LogP contribution in [0.5, 0.6) is 0 Å². The van der Waals surface area contributed by atoms with Gasteiger partial charge in [-0.05, 0) is 50.0 Å². The van der Waals surface area contributed by atoms with Gasteiger partial charge in [0.05, 0.1) is 12.0 Å². The molecule has 0 radical (unpaired) electrons. The zero-order valence-electron chi connectivity index (χ0n) is 12.5. The number of hydrogen-bond donors (Lipinski definition) is 2. The summed E-state index contributed by atoms with van der Waals surface area (Å²) in [5, 5.41) is 19.7. The lowest BCUT2D eigenvalue weighted by Crippen LogP contribution is -2.37. The fourth-order valence-corrected chi connectivity index (χ4v) is 2.74. The van der Waals surface area contributed by atoms with Gasteiger partial charge in [0, 0.05) is 11.6 Å². The number of aliphatic hydroxyl groups is 1. The minimum atomic E-state index is -0.689. The fourth-order valence-electron chi connectivity index (χ4n) is 2.61. The molecule has 120 valence electrons. The number of carbonyl (C=O) groups is 1. The summed E-state index contributed by atoms with van der Waals surface area (Å²) in [7, 11) is 0. The largest absolute Gasteiger partial charge is 0.481 e. The van der Waals surface area contributed by atoms with Crippen LogP contribution in [0.4, 0.5) is 0 Å². The van der Waals surface area contributed by atoms with Crippen LogP contribution < -0.4 is 0 Å². The third-order valence-corrected chi connectivity index (χ3v) is 4.31. The molecule has 0 spiro atoms. The Morgan fingerprint density at radius 2 is 1.95 bits per heavy atom. The molecule has 1 aliphatic rings. The highest BCUT2D eigenvalue weighted by Crippen LogP contribution is 2.18. The van der Waals surface area contributed by atoms with Gasteiger partial charge in [-0.2, -0.15) is 0 Å². The van der Waals surface area contributed by atoms with Gasteiger partial charge >= 0.3 is 5.97 Å². The molecule has 22 heavy (non-hydrogen) atoms. The van der Waals surface area contributed by atoms with Crippen LogP contribution in [0.2, 0.25) is 5.02 Å². The Hall–Kier alpha value is -1.36. The first-order chi connectivity index (χ1) is 10.5. The molecule has 2 N–H and O–H groups in total. The first-order valence-electron chi connectivity index (χ1n) is 7.61. The van der Waals surface area contributed by atoms with Gasteiger partial charge in [0.25, 0.3) is 0 Å². The van der Waals surface area contributed by atoms with E-state index in [1.807, 2.05) is 30.3 Å². The van der Waals surface area contributed by atoms with E-state index < -0.39 is 12.1 Å². The number of benzene rings is 1. The lowest BCUT2D eigenvalue weighted by Gasteiger charge is -2.30. The van der Waals surface area contributed by atoms with Crippen molar-refractivity contribution in [2.45, 2.75) is 25.4 Å². The van der Waals surface area contributed by atoms with E-state index in [1.54, 1.807) is 6.08 Å². The minimum absolute atomic E-state index is 0.203. The van der Waals surface area contributed by atoms with Gasteiger partial charge in [-0.25, -0.2) is 0 Å². The molecule has 0 aromatic heterocycles. The number of nitrogens with zero attached hydrogens (tertiary/aromatic N) is 1. The molecule has 0 aliphatic carbocycles. The molecule has 1 aromatic carbocycles. The van der Waals surface area contributed by atoms with Crippen LogP contribution in [-0.4, -0.2) is 46.8 Å². The van der Waals surface area contributed by atoms with Gasteiger partial charge in [0.1, 0.15) is 0 Å². The molecule has 2 rings (SSSR count). The van der Waals surface area contributed by atoms with Gasteiger partial charge in [0.15, 0.2) is 0 Å². The first-order valence-corrected chi connectivity index (χ1v) is 7.99.